The van der Waals surface area contributed by atoms with Gasteiger partial charge >= 0.3 is 6.18 Å². The minimum atomic E-state index is -4.69. The van der Waals surface area contributed by atoms with Crippen LogP contribution in [-0.4, -0.2) is 32.2 Å². The molecule has 0 bridgehead atoms. The van der Waals surface area contributed by atoms with Gasteiger partial charge in [-0.2, -0.15) is 13.2 Å². The summed E-state index contributed by atoms with van der Waals surface area (Å²) in [7, 11) is 0. The highest BCUT2D eigenvalue weighted by molar-refractivity contribution is 7.99. The van der Waals surface area contributed by atoms with E-state index < -0.39 is 23.2 Å². The molecule has 4 aromatic rings. The van der Waals surface area contributed by atoms with Gasteiger partial charge in [0.05, 0.1) is 39.2 Å². The predicted octanol–water partition coefficient (Wildman–Crippen LogP) is 6.50. The standard InChI is InChI=1S/C25H17Cl2F3N4O2S/c26-19-11-10-16(12-20(19)27)34-22(13-31-23(36)17-8-4-5-9-18(17)25(28,29)30)32-33-24(34)37-14-21(35)15-6-2-1-3-7-15/h1-12H,13-14H2,(H,31,36). The van der Waals surface area contributed by atoms with E-state index in [-0.39, 0.29) is 28.9 Å². The third kappa shape index (κ3) is 6.33. The first-order valence-electron chi connectivity index (χ1n) is 10.7. The average Bonchev–Trinajstić information content (AvgIpc) is 3.30. The van der Waals surface area contributed by atoms with Crippen LogP contribution in [-0.2, 0) is 12.7 Å². The van der Waals surface area contributed by atoms with E-state index in [0.29, 0.717) is 21.4 Å². The number of thioether (sulfide) groups is 1. The highest BCUT2D eigenvalue weighted by Gasteiger charge is 2.34. The average molecular weight is 565 g/mol. The van der Waals surface area contributed by atoms with Gasteiger partial charge in [-0.3, -0.25) is 14.2 Å². The normalized spacial score (nSPS) is 11.4. The number of carbonyl (C=O) groups excluding carboxylic acids is 2. The first-order valence-corrected chi connectivity index (χ1v) is 12.4. The maximum absolute atomic E-state index is 13.3. The van der Waals surface area contributed by atoms with E-state index >= 15 is 0 Å². The van der Waals surface area contributed by atoms with E-state index in [1.54, 1.807) is 53.1 Å². The summed E-state index contributed by atoms with van der Waals surface area (Å²) in [5.41, 5.74) is -0.534. The Kier molecular flexibility index (Phi) is 8.21. The first kappa shape index (κ1) is 26.7. The Balaban J connectivity index is 1.60. The molecule has 6 nitrogen and oxygen atoms in total. The van der Waals surface area contributed by atoms with Crippen molar-refractivity contribution >= 4 is 46.7 Å². The number of hydrogen-bond acceptors (Lipinski definition) is 5. The molecule has 0 aliphatic carbocycles. The van der Waals surface area contributed by atoms with Gasteiger partial charge in [0.15, 0.2) is 16.8 Å². The van der Waals surface area contributed by atoms with Gasteiger partial charge in [0, 0.05) is 5.56 Å². The Morgan fingerprint density at radius 3 is 2.32 bits per heavy atom. The monoisotopic (exact) mass is 564 g/mol. The van der Waals surface area contributed by atoms with Gasteiger partial charge in [-0.15, -0.1) is 10.2 Å². The van der Waals surface area contributed by atoms with E-state index in [0.717, 1.165) is 23.9 Å². The van der Waals surface area contributed by atoms with Crippen LogP contribution in [0, 0.1) is 0 Å². The van der Waals surface area contributed by atoms with Gasteiger partial charge in [0.1, 0.15) is 0 Å². The molecule has 12 heteroatoms. The number of ketones is 1. The number of carbonyl (C=O) groups is 2. The van der Waals surface area contributed by atoms with E-state index in [4.69, 9.17) is 23.2 Å². The van der Waals surface area contributed by atoms with Crippen molar-refractivity contribution in [2.45, 2.75) is 17.9 Å². The number of halogens is 5. The van der Waals surface area contributed by atoms with Crippen LogP contribution in [0.2, 0.25) is 10.0 Å². The summed E-state index contributed by atoms with van der Waals surface area (Å²) in [4.78, 5) is 25.2. The number of amides is 1. The van der Waals surface area contributed by atoms with Gasteiger partial charge in [-0.05, 0) is 30.3 Å². The molecule has 4 rings (SSSR count). The van der Waals surface area contributed by atoms with Crippen molar-refractivity contribution in [1.29, 1.82) is 0 Å². The Morgan fingerprint density at radius 2 is 1.62 bits per heavy atom. The third-order valence-electron chi connectivity index (χ3n) is 5.17. The smallest absolute Gasteiger partial charge is 0.345 e. The molecule has 0 aliphatic heterocycles. The molecule has 37 heavy (non-hydrogen) atoms. The number of hydrogen-bond donors (Lipinski definition) is 1. The molecule has 1 aromatic heterocycles. The zero-order valence-electron chi connectivity index (χ0n) is 18.8. The summed E-state index contributed by atoms with van der Waals surface area (Å²) >= 11 is 13.3. The van der Waals surface area contributed by atoms with Crippen molar-refractivity contribution in [3.8, 4) is 5.69 Å². The Labute approximate surface area is 223 Å². The largest absolute Gasteiger partial charge is 0.417 e. The molecule has 0 saturated carbocycles. The lowest BCUT2D eigenvalue weighted by Gasteiger charge is -2.14. The Bertz CT molecular complexity index is 1450. The third-order valence-corrected chi connectivity index (χ3v) is 6.84. The van der Waals surface area contributed by atoms with Crippen molar-refractivity contribution in [3.63, 3.8) is 0 Å². The minimum absolute atomic E-state index is 0.0504. The SMILES string of the molecule is O=C(CSc1nnc(CNC(=O)c2ccccc2C(F)(F)F)n1-c1ccc(Cl)c(Cl)c1)c1ccccc1. The second-order valence-corrected chi connectivity index (χ2v) is 9.39. The van der Waals surface area contributed by atoms with Crippen LogP contribution in [0.25, 0.3) is 5.69 Å². The van der Waals surface area contributed by atoms with E-state index in [1.807, 2.05) is 0 Å². The van der Waals surface area contributed by atoms with Gasteiger partial charge < -0.3 is 5.32 Å². The number of nitrogens with one attached hydrogen (secondary N) is 1. The molecule has 0 unspecified atom stereocenters. The van der Waals surface area contributed by atoms with Crippen molar-refractivity contribution in [2.24, 2.45) is 0 Å². The second kappa shape index (κ2) is 11.4. The first-order chi connectivity index (χ1) is 17.6. The van der Waals surface area contributed by atoms with Crippen LogP contribution in [0.1, 0.15) is 32.1 Å². The van der Waals surface area contributed by atoms with Crippen LogP contribution in [0.15, 0.2) is 78.0 Å². The summed E-state index contributed by atoms with van der Waals surface area (Å²) in [6.45, 7) is -0.245. The summed E-state index contributed by atoms with van der Waals surface area (Å²) in [5, 5.41) is 11.6. The fourth-order valence-electron chi connectivity index (χ4n) is 3.41. The molecule has 0 aliphatic rings. The number of rotatable bonds is 8. The van der Waals surface area contributed by atoms with Crippen LogP contribution >= 0.6 is 35.0 Å². The minimum Gasteiger partial charge on any atom is -0.345 e. The predicted molar refractivity (Wildman–Crippen MR) is 135 cm³/mol. The zero-order valence-corrected chi connectivity index (χ0v) is 21.1. The van der Waals surface area contributed by atoms with Crippen LogP contribution < -0.4 is 5.32 Å². The van der Waals surface area contributed by atoms with Gasteiger partial charge in [-0.1, -0.05) is 77.4 Å². The second-order valence-electron chi connectivity index (χ2n) is 7.64. The molecule has 1 amide bonds. The van der Waals surface area contributed by atoms with Crippen molar-refractivity contribution in [1.82, 2.24) is 20.1 Å². The molecule has 0 radical (unpaired) electrons. The highest BCUT2D eigenvalue weighted by Crippen LogP contribution is 2.32. The van der Waals surface area contributed by atoms with Crippen molar-refractivity contribution in [3.05, 3.63) is 105 Å². The quantitative estimate of drug-likeness (QED) is 0.195. The van der Waals surface area contributed by atoms with Gasteiger partial charge in [0.2, 0.25) is 0 Å². The van der Waals surface area contributed by atoms with E-state index in [9.17, 15) is 22.8 Å². The molecule has 0 fully saturated rings. The molecular weight excluding hydrogens is 548 g/mol. The molecule has 3 aromatic carbocycles. The molecule has 0 saturated heterocycles. The number of alkyl halides is 3. The number of Topliss-reactive ketones (excluding diaryl/α,β-unsaturated/α-hetero) is 1. The van der Waals surface area contributed by atoms with E-state index in [1.165, 1.54) is 12.1 Å². The highest BCUT2D eigenvalue weighted by atomic mass is 35.5. The summed E-state index contributed by atoms with van der Waals surface area (Å²) in [6.07, 6.45) is -4.69. The molecule has 0 spiro atoms. The topological polar surface area (TPSA) is 76.9 Å². The fraction of sp³-hybridized carbons (Fsp3) is 0.120. The Hall–Kier alpha value is -3.34. The molecule has 1 heterocycles. The number of nitrogens with zero attached hydrogens (tertiary/aromatic N) is 3. The molecule has 0 atom stereocenters. The number of aromatic nitrogens is 3. The lowest BCUT2D eigenvalue weighted by Crippen LogP contribution is -2.27. The lowest BCUT2D eigenvalue weighted by molar-refractivity contribution is -0.137. The van der Waals surface area contributed by atoms with Crippen LogP contribution in [0.4, 0.5) is 13.2 Å². The van der Waals surface area contributed by atoms with Gasteiger partial charge in [0.25, 0.3) is 5.91 Å². The zero-order chi connectivity index (χ0) is 26.6. The fourth-order valence-corrected chi connectivity index (χ4v) is 4.57. The van der Waals surface area contributed by atoms with Crippen molar-refractivity contribution < 1.29 is 22.8 Å². The van der Waals surface area contributed by atoms with E-state index in [2.05, 4.69) is 15.5 Å². The maximum atomic E-state index is 13.3. The lowest BCUT2D eigenvalue weighted by atomic mass is 10.1. The molecule has 1 N–H and O–H groups in total. The Morgan fingerprint density at radius 1 is 0.919 bits per heavy atom. The maximum Gasteiger partial charge on any atom is 0.417 e. The summed E-state index contributed by atoms with van der Waals surface area (Å²) in [6, 6.07) is 18.0. The number of benzene rings is 3. The van der Waals surface area contributed by atoms with Crippen molar-refractivity contribution in [2.75, 3.05) is 5.75 Å². The summed E-state index contributed by atoms with van der Waals surface area (Å²) in [5.74, 6) is -0.793. The van der Waals surface area contributed by atoms with Gasteiger partial charge in [-0.25, -0.2) is 0 Å². The van der Waals surface area contributed by atoms with Crippen LogP contribution in [0.5, 0.6) is 0 Å². The summed E-state index contributed by atoms with van der Waals surface area (Å²) < 4.78 is 41.6. The molecular formula is C25H17Cl2F3N4O2S. The molecule has 190 valence electrons. The van der Waals surface area contributed by atoms with Crippen LogP contribution in [0.3, 0.4) is 0 Å².